The summed E-state index contributed by atoms with van der Waals surface area (Å²) in [4.78, 5) is 53.1. The second-order valence-electron chi connectivity index (χ2n) is 12.3. The molecule has 6 rings (SSSR count). The molecule has 6 N–H and O–H groups in total. The number of methoxy groups -OCH3 is 1. The summed E-state index contributed by atoms with van der Waals surface area (Å²) in [7, 11) is 1.31. The van der Waals surface area contributed by atoms with Crippen LogP contribution in [0.5, 0.6) is 23.0 Å². The van der Waals surface area contributed by atoms with E-state index in [1.807, 2.05) is 0 Å². The van der Waals surface area contributed by atoms with E-state index in [2.05, 4.69) is 5.32 Å². The van der Waals surface area contributed by atoms with E-state index in [-0.39, 0.29) is 41.0 Å². The Morgan fingerprint density at radius 1 is 1.00 bits per heavy atom. The molecule has 2 aliphatic carbocycles. The molecule has 0 aromatic heterocycles. The second-order valence-corrected chi connectivity index (χ2v) is 12.3. The number of para-hydroxylation sites is 1. The van der Waals surface area contributed by atoms with Crippen molar-refractivity contribution in [2.45, 2.75) is 62.4 Å². The molecule has 3 aromatic carbocycles. The van der Waals surface area contributed by atoms with Crippen LogP contribution in [0.1, 0.15) is 68.8 Å². The van der Waals surface area contributed by atoms with Gasteiger partial charge in [0.15, 0.2) is 24.5 Å². The molecular weight excluding hydrogens is 642 g/mol. The van der Waals surface area contributed by atoms with Crippen molar-refractivity contribution in [3.8, 4) is 23.0 Å². The molecule has 0 spiro atoms. The highest BCUT2D eigenvalue weighted by atomic mass is 16.7. The van der Waals surface area contributed by atoms with Crippen molar-refractivity contribution in [2.24, 2.45) is 0 Å². The summed E-state index contributed by atoms with van der Waals surface area (Å²) in [5, 5.41) is 57.9. The molecule has 1 fully saturated rings. The normalized spacial score (nSPS) is 25.9. The van der Waals surface area contributed by atoms with Crippen LogP contribution in [0.15, 0.2) is 48.5 Å². The Morgan fingerprint density at radius 3 is 2.41 bits per heavy atom. The fourth-order valence-electron chi connectivity index (χ4n) is 6.77. The summed E-state index contributed by atoms with van der Waals surface area (Å²) >= 11 is 0. The fraction of sp³-hybridized carbons (Fsp3) is 0.371. The van der Waals surface area contributed by atoms with Crippen LogP contribution in [0.4, 0.5) is 0 Å². The Morgan fingerprint density at radius 2 is 1.71 bits per heavy atom. The number of carbonyl (C=O) groups excluding carboxylic acids is 4. The number of aliphatic hydroxyl groups is 3. The average molecular weight is 678 g/mol. The predicted octanol–water partition coefficient (Wildman–Crippen LogP) is 1.24. The Labute approximate surface area is 279 Å². The summed E-state index contributed by atoms with van der Waals surface area (Å²) in [6.45, 7) is 0.122. The summed E-state index contributed by atoms with van der Waals surface area (Å²) in [6.07, 6.45) is -6.05. The number of ether oxygens (including phenoxy) is 4. The van der Waals surface area contributed by atoms with Crippen LogP contribution in [0.2, 0.25) is 0 Å². The van der Waals surface area contributed by atoms with Gasteiger partial charge in [-0.2, -0.15) is 0 Å². The molecule has 14 heteroatoms. The molecule has 0 saturated carbocycles. The molecule has 1 saturated heterocycles. The highest BCUT2D eigenvalue weighted by molar-refractivity contribution is 6.31. The van der Waals surface area contributed by atoms with Gasteiger partial charge < -0.3 is 49.8 Å². The minimum Gasteiger partial charge on any atom is -0.507 e. The Balaban J connectivity index is 1.34. The van der Waals surface area contributed by atoms with Crippen LogP contribution in [-0.4, -0.2) is 99.3 Å². The first-order valence-electron chi connectivity index (χ1n) is 15.6. The largest absolute Gasteiger partial charge is 0.507 e. The molecular formula is C35H35NO13. The first kappa shape index (κ1) is 34.0. The van der Waals surface area contributed by atoms with Gasteiger partial charge in [0.25, 0.3) is 5.91 Å². The molecule has 0 unspecified atom stereocenters. The monoisotopic (exact) mass is 677 g/mol. The molecule has 6 atom stereocenters. The number of amides is 1. The lowest BCUT2D eigenvalue weighted by molar-refractivity contribution is -0.249. The fourth-order valence-corrected chi connectivity index (χ4v) is 6.77. The topological polar surface area (TPSA) is 218 Å². The van der Waals surface area contributed by atoms with Gasteiger partial charge in [-0.3, -0.25) is 19.2 Å². The van der Waals surface area contributed by atoms with Crippen LogP contribution in [0.25, 0.3) is 0 Å². The number of aromatic hydroxyl groups is 2. The van der Waals surface area contributed by atoms with E-state index < -0.39 is 102 Å². The Kier molecular flexibility index (Phi) is 9.17. The van der Waals surface area contributed by atoms with Crippen molar-refractivity contribution in [3.05, 3.63) is 81.9 Å². The SMILES string of the molecule is COc1cccc2c1C(=O)c1c(O)c3c(c(O)c1C2=O)C[C@@](O)(C(=O)CO)C[C@@H]3O[C@H]1C[C@H](NC(=O)COc2ccccc2)[C@H](O)[C@H](C)O1. The minimum absolute atomic E-state index is 0.0687. The first-order valence-corrected chi connectivity index (χ1v) is 15.6. The number of aliphatic hydroxyl groups excluding tert-OH is 2. The van der Waals surface area contributed by atoms with Crippen LogP contribution in [0, 0.1) is 0 Å². The number of fused-ring (bicyclic) bond motifs is 3. The van der Waals surface area contributed by atoms with Crippen LogP contribution in [-0.2, 0) is 25.5 Å². The van der Waals surface area contributed by atoms with Gasteiger partial charge in [-0.05, 0) is 25.1 Å². The number of ketones is 3. The molecule has 3 aliphatic rings. The van der Waals surface area contributed by atoms with E-state index in [1.54, 1.807) is 30.3 Å². The number of phenolic OH excluding ortho intramolecular Hbond substituents is 2. The van der Waals surface area contributed by atoms with E-state index in [0.717, 1.165) is 0 Å². The van der Waals surface area contributed by atoms with Crippen molar-refractivity contribution >= 4 is 23.3 Å². The third-order valence-electron chi connectivity index (χ3n) is 9.22. The third kappa shape index (κ3) is 6.02. The van der Waals surface area contributed by atoms with Gasteiger partial charge in [0, 0.05) is 36.0 Å². The molecule has 49 heavy (non-hydrogen) atoms. The summed E-state index contributed by atoms with van der Waals surface area (Å²) in [5.41, 5.74) is -3.97. The predicted molar refractivity (Wildman–Crippen MR) is 168 cm³/mol. The lowest BCUT2D eigenvalue weighted by Crippen LogP contribution is -2.56. The number of Topliss-reactive ketones (excluding diaryl/α,β-unsaturated/α-hetero) is 1. The number of hydrogen-bond acceptors (Lipinski definition) is 13. The van der Waals surface area contributed by atoms with Crippen molar-refractivity contribution in [1.82, 2.24) is 5.32 Å². The number of carbonyl (C=O) groups is 4. The van der Waals surface area contributed by atoms with Gasteiger partial charge in [-0.1, -0.05) is 30.3 Å². The Hall–Kier alpha value is -4.86. The molecule has 1 amide bonds. The quantitative estimate of drug-likeness (QED) is 0.138. The van der Waals surface area contributed by atoms with Gasteiger partial charge in [-0.25, -0.2) is 0 Å². The van der Waals surface area contributed by atoms with Gasteiger partial charge >= 0.3 is 0 Å². The highest BCUT2D eigenvalue weighted by Gasteiger charge is 2.50. The van der Waals surface area contributed by atoms with E-state index in [1.165, 1.54) is 32.2 Å². The van der Waals surface area contributed by atoms with Crippen LogP contribution in [0.3, 0.4) is 0 Å². The smallest absolute Gasteiger partial charge is 0.258 e. The molecule has 14 nitrogen and oxygen atoms in total. The van der Waals surface area contributed by atoms with Crippen molar-refractivity contribution in [3.63, 3.8) is 0 Å². The van der Waals surface area contributed by atoms with Gasteiger partial charge in [-0.15, -0.1) is 0 Å². The van der Waals surface area contributed by atoms with Gasteiger partial charge in [0.05, 0.1) is 42.0 Å². The molecule has 1 heterocycles. The maximum Gasteiger partial charge on any atom is 0.258 e. The molecule has 0 bridgehead atoms. The van der Waals surface area contributed by atoms with E-state index in [4.69, 9.17) is 18.9 Å². The molecule has 258 valence electrons. The van der Waals surface area contributed by atoms with Crippen molar-refractivity contribution < 1.29 is 63.7 Å². The number of benzene rings is 3. The standard InChI is InChI=1S/C35H35NO13/c1-16-30(40)20(36-24(39)15-47-17-7-4-3-5-8-17)11-25(48-16)49-22-13-35(45,23(38)14-37)12-19-27(22)34(44)29-28(32(19)42)31(41)18-9-6-10-21(46-2)26(18)33(29)43/h3-10,16,20,22,25,30,37,40,42,44-45H,11-15H2,1-2H3,(H,36,39)/t16-,20-,22-,25-,30+,35-/m0/s1. The highest BCUT2D eigenvalue weighted by Crippen LogP contribution is 2.52. The number of rotatable bonds is 9. The zero-order chi connectivity index (χ0) is 35.2. The molecule has 3 aromatic rings. The average Bonchev–Trinajstić information content (AvgIpc) is 3.09. The lowest BCUT2D eigenvalue weighted by atomic mass is 9.72. The Bertz CT molecular complexity index is 1830. The summed E-state index contributed by atoms with van der Waals surface area (Å²) in [6, 6.07) is 12.1. The van der Waals surface area contributed by atoms with E-state index in [0.29, 0.717) is 5.75 Å². The van der Waals surface area contributed by atoms with Crippen molar-refractivity contribution in [1.29, 1.82) is 0 Å². The number of phenols is 2. The molecule has 1 aliphatic heterocycles. The summed E-state index contributed by atoms with van der Waals surface area (Å²) < 4.78 is 22.9. The summed E-state index contributed by atoms with van der Waals surface area (Å²) in [5.74, 6) is -4.09. The van der Waals surface area contributed by atoms with Gasteiger partial charge in [0.1, 0.15) is 41.3 Å². The number of nitrogens with one attached hydrogen (secondary N) is 1. The zero-order valence-electron chi connectivity index (χ0n) is 26.5. The maximum absolute atomic E-state index is 13.9. The first-order chi connectivity index (χ1) is 23.4. The van der Waals surface area contributed by atoms with Gasteiger partial charge in [0.2, 0.25) is 5.78 Å². The van der Waals surface area contributed by atoms with E-state index >= 15 is 0 Å². The van der Waals surface area contributed by atoms with Crippen LogP contribution < -0.4 is 14.8 Å². The zero-order valence-corrected chi connectivity index (χ0v) is 26.5. The van der Waals surface area contributed by atoms with E-state index in [9.17, 15) is 44.7 Å². The lowest BCUT2D eigenvalue weighted by Gasteiger charge is -2.42. The number of hydrogen-bond donors (Lipinski definition) is 6. The maximum atomic E-state index is 13.9. The second kappa shape index (κ2) is 13.2. The van der Waals surface area contributed by atoms with Crippen molar-refractivity contribution in [2.75, 3.05) is 20.3 Å². The van der Waals surface area contributed by atoms with Crippen LogP contribution >= 0.6 is 0 Å². The third-order valence-corrected chi connectivity index (χ3v) is 9.22. The molecule has 0 radical (unpaired) electrons. The minimum atomic E-state index is -2.32.